The summed E-state index contributed by atoms with van der Waals surface area (Å²) in [6.45, 7) is 6.04. The van der Waals surface area contributed by atoms with Gasteiger partial charge in [0, 0.05) is 0 Å². The van der Waals surface area contributed by atoms with Crippen LogP contribution in [0.25, 0.3) is 0 Å². The highest BCUT2D eigenvalue weighted by Gasteiger charge is 2.67. The van der Waals surface area contributed by atoms with Crippen molar-refractivity contribution in [3.63, 3.8) is 0 Å². The van der Waals surface area contributed by atoms with Gasteiger partial charge < -0.3 is 4.74 Å². The van der Waals surface area contributed by atoms with E-state index < -0.39 is 5.41 Å². The van der Waals surface area contributed by atoms with Crippen LogP contribution in [0.2, 0.25) is 0 Å². The molecular weight excluding hydrogens is 350 g/mol. The van der Waals surface area contributed by atoms with Crippen LogP contribution in [-0.4, -0.2) is 11.8 Å². The molecular formula is C24H23NO3. The minimum absolute atomic E-state index is 0.0625. The van der Waals surface area contributed by atoms with Gasteiger partial charge in [0.25, 0.3) is 0 Å². The molecule has 1 saturated heterocycles. The van der Waals surface area contributed by atoms with E-state index in [4.69, 9.17) is 4.74 Å². The summed E-state index contributed by atoms with van der Waals surface area (Å²) >= 11 is 0. The van der Waals surface area contributed by atoms with E-state index in [0.717, 1.165) is 17.7 Å². The SMILES string of the molecule is Cc1cccc(Oc2ccc(N3C(=O)[C@@H]4[C@@H]5C=C[C@H](C5)[C@]4(C)C3=O)cc2)c1C. The van der Waals surface area contributed by atoms with E-state index in [1.807, 2.05) is 38.1 Å². The van der Waals surface area contributed by atoms with E-state index in [0.29, 0.717) is 11.4 Å². The van der Waals surface area contributed by atoms with Crippen molar-refractivity contribution >= 4 is 17.5 Å². The van der Waals surface area contributed by atoms with Gasteiger partial charge in [0.15, 0.2) is 0 Å². The molecule has 2 aromatic rings. The van der Waals surface area contributed by atoms with Crippen molar-refractivity contribution in [1.29, 1.82) is 0 Å². The minimum atomic E-state index is -0.593. The number of benzene rings is 2. The highest BCUT2D eigenvalue weighted by Crippen LogP contribution is 2.60. The topological polar surface area (TPSA) is 46.6 Å². The van der Waals surface area contributed by atoms with Crippen molar-refractivity contribution < 1.29 is 14.3 Å². The smallest absolute Gasteiger partial charge is 0.241 e. The number of fused-ring (bicyclic) bond motifs is 5. The summed E-state index contributed by atoms with van der Waals surface area (Å²) in [6, 6.07) is 13.2. The van der Waals surface area contributed by atoms with Gasteiger partial charge in [-0.25, -0.2) is 4.90 Å². The van der Waals surface area contributed by atoms with E-state index in [-0.39, 0.29) is 29.6 Å². The molecule has 1 aliphatic heterocycles. The average molecular weight is 373 g/mol. The van der Waals surface area contributed by atoms with Crippen LogP contribution in [-0.2, 0) is 9.59 Å². The predicted molar refractivity (Wildman–Crippen MR) is 107 cm³/mol. The Balaban J connectivity index is 1.42. The third-order valence-corrected chi connectivity index (χ3v) is 6.99. The van der Waals surface area contributed by atoms with Crippen LogP contribution in [0.3, 0.4) is 0 Å². The molecule has 2 bridgehead atoms. The fourth-order valence-corrected chi connectivity index (χ4v) is 5.18. The van der Waals surface area contributed by atoms with E-state index in [2.05, 4.69) is 25.1 Å². The second-order valence-corrected chi connectivity index (χ2v) is 8.42. The molecule has 4 heteroatoms. The summed E-state index contributed by atoms with van der Waals surface area (Å²) in [6.07, 6.45) is 5.17. The lowest BCUT2D eigenvalue weighted by Gasteiger charge is -2.28. The maximum Gasteiger partial charge on any atom is 0.241 e. The van der Waals surface area contributed by atoms with Gasteiger partial charge in [0.2, 0.25) is 11.8 Å². The Bertz CT molecular complexity index is 1020. The fourth-order valence-electron chi connectivity index (χ4n) is 5.18. The number of rotatable bonds is 3. The molecule has 2 amide bonds. The molecule has 0 radical (unpaired) electrons. The first-order valence-corrected chi connectivity index (χ1v) is 9.82. The van der Waals surface area contributed by atoms with E-state index in [1.54, 1.807) is 12.1 Å². The van der Waals surface area contributed by atoms with Gasteiger partial charge in [-0.2, -0.15) is 0 Å². The summed E-state index contributed by atoms with van der Waals surface area (Å²) in [5, 5.41) is 0. The number of nitrogens with zero attached hydrogens (tertiary/aromatic N) is 1. The number of carbonyl (C=O) groups is 2. The highest BCUT2D eigenvalue weighted by atomic mass is 16.5. The Kier molecular flexibility index (Phi) is 3.57. The Hall–Kier alpha value is -2.88. The number of imide groups is 1. The first kappa shape index (κ1) is 17.2. The van der Waals surface area contributed by atoms with Crippen LogP contribution < -0.4 is 9.64 Å². The number of aryl methyl sites for hydroxylation is 1. The first-order valence-electron chi connectivity index (χ1n) is 9.82. The molecule has 3 aliphatic rings. The van der Waals surface area contributed by atoms with Crippen LogP contribution in [0.1, 0.15) is 24.5 Å². The lowest BCUT2D eigenvalue weighted by Crippen LogP contribution is -2.37. The molecule has 0 spiro atoms. The van der Waals surface area contributed by atoms with Gasteiger partial charge in [-0.15, -0.1) is 0 Å². The monoisotopic (exact) mass is 373 g/mol. The zero-order chi connectivity index (χ0) is 19.6. The van der Waals surface area contributed by atoms with Crippen molar-refractivity contribution in [3.8, 4) is 11.5 Å². The highest BCUT2D eigenvalue weighted by molar-refractivity contribution is 6.24. The molecule has 4 atom stereocenters. The number of ether oxygens (including phenoxy) is 1. The molecule has 0 unspecified atom stereocenters. The number of anilines is 1. The quantitative estimate of drug-likeness (QED) is 0.574. The van der Waals surface area contributed by atoms with Crippen molar-refractivity contribution in [2.75, 3.05) is 4.90 Å². The molecule has 4 nitrogen and oxygen atoms in total. The average Bonchev–Trinajstić information content (AvgIpc) is 3.32. The van der Waals surface area contributed by atoms with Gasteiger partial charge in [0.05, 0.1) is 17.0 Å². The number of hydrogen-bond donors (Lipinski definition) is 0. The van der Waals surface area contributed by atoms with Crippen LogP contribution in [0, 0.1) is 37.0 Å². The third-order valence-electron chi connectivity index (χ3n) is 6.99. The summed E-state index contributed by atoms with van der Waals surface area (Å²) in [5.74, 6) is 1.52. The van der Waals surface area contributed by atoms with E-state index >= 15 is 0 Å². The maximum absolute atomic E-state index is 13.2. The van der Waals surface area contributed by atoms with Crippen LogP contribution in [0.5, 0.6) is 11.5 Å². The summed E-state index contributed by atoms with van der Waals surface area (Å²) in [7, 11) is 0. The molecule has 1 saturated carbocycles. The Morgan fingerprint density at radius 3 is 2.50 bits per heavy atom. The third kappa shape index (κ3) is 2.17. The molecule has 2 aliphatic carbocycles. The molecule has 0 aromatic heterocycles. The van der Waals surface area contributed by atoms with Crippen molar-refractivity contribution in [3.05, 3.63) is 65.7 Å². The summed E-state index contributed by atoms with van der Waals surface area (Å²) in [4.78, 5) is 27.7. The number of allylic oxidation sites excluding steroid dienone is 2. The molecule has 142 valence electrons. The molecule has 5 rings (SSSR count). The van der Waals surface area contributed by atoms with Gasteiger partial charge in [-0.3, -0.25) is 9.59 Å². The van der Waals surface area contributed by atoms with Crippen LogP contribution >= 0.6 is 0 Å². The first-order chi connectivity index (χ1) is 13.4. The zero-order valence-corrected chi connectivity index (χ0v) is 16.3. The van der Waals surface area contributed by atoms with E-state index in [1.165, 1.54) is 10.5 Å². The summed E-state index contributed by atoms with van der Waals surface area (Å²) < 4.78 is 6.00. The molecule has 0 N–H and O–H groups in total. The lowest BCUT2D eigenvalue weighted by molar-refractivity contribution is -0.127. The largest absolute Gasteiger partial charge is 0.457 e. The van der Waals surface area contributed by atoms with Crippen LogP contribution in [0.15, 0.2) is 54.6 Å². The number of carbonyl (C=O) groups excluding carboxylic acids is 2. The lowest BCUT2D eigenvalue weighted by atomic mass is 9.71. The Morgan fingerprint density at radius 2 is 1.79 bits per heavy atom. The van der Waals surface area contributed by atoms with Crippen molar-refractivity contribution in [2.24, 2.45) is 23.2 Å². The second-order valence-electron chi connectivity index (χ2n) is 8.42. The van der Waals surface area contributed by atoms with E-state index in [9.17, 15) is 9.59 Å². The predicted octanol–water partition coefficient (Wildman–Crippen LogP) is 4.80. The Labute approximate surface area is 164 Å². The van der Waals surface area contributed by atoms with Crippen molar-refractivity contribution in [1.82, 2.24) is 0 Å². The Morgan fingerprint density at radius 1 is 1.04 bits per heavy atom. The fraction of sp³-hybridized carbons (Fsp3) is 0.333. The maximum atomic E-state index is 13.2. The number of hydrogen-bond acceptors (Lipinski definition) is 3. The van der Waals surface area contributed by atoms with Gasteiger partial charge in [-0.1, -0.05) is 24.3 Å². The van der Waals surface area contributed by atoms with Crippen molar-refractivity contribution in [2.45, 2.75) is 27.2 Å². The molecule has 28 heavy (non-hydrogen) atoms. The van der Waals surface area contributed by atoms with Gasteiger partial charge >= 0.3 is 0 Å². The molecule has 2 fully saturated rings. The second kappa shape index (κ2) is 5.81. The van der Waals surface area contributed by atoms with Crippen LogP contribution in [0.4, 0.5) is 5.69 Å². The van der Waals surface area contributed by atoms with Gasteiger partial charge in [0.1, 0.15) is 11.5 Å². The summed E-state index contributed by atoms with van der Waals surface area (Å²) in [5.41, 5.74) is 2.30. The number of amides is 2. The van der Waals surface area contributed by atoms with Gasteiger partial charge in [-0.05, 0) is 80.5 Å². The molecule has 1 heterocycles. The standard InChI is InChI=1S/C24H23NO3/c1-14-5-4-6-20(15(14)2)28-19-11-9-18(10-12-19)25-22(26)21-16-7-8-17(13-16)24(21,3)23(25)27/h4-12,16-17,21H,13H2,1-3H3/t16-,17-,21+,24+/m1/s1. The molecule has 2 aromatic carbocycles. The zero-order valence-electron chi connectivity index (χ0n) is 16.3. The normalized spacial score (nSPS) is 30.2. The minimum Gasteiger partial charge on any atom is -0.457 e.